The van der Waals surface area contributed by atoms with Crippen LogP contribution >= 0.6 is 0 Å². The molecule has 1 heterocycles. The number of hydrogen-bond acceptors (Lipinski definition) is 5. The molecule has 1 fully saturated rings. The smallest absolute Gasteiger partial charge is 0.251 e. The molecule has 150 valence electrons. The molecule has 0 radical (unpaired) electrons. The molecule has 8 heteroatoms. The summed E-state index contributed by atoms with van der Waals surface area (Å²) in [5.74, 6) is 0.773. The molecule has 0 unspecified atom stereocenters. The average molecular weight is 404 g/mol. The molecule has 2 aromatic rings. The minimum Gasteiger partial charge on any atom is -0.493 e. The summed E-state index contributed by atoms with van der Waals surface area (Å²) in [5, 5.41) is 2.82. The van der Waals surface area contributed by atoms with Crippen molar-refractivity contribution < 1.29 is 22.7 Å². The molecule has 0 saturated carbocycles. The Morgan fingerprint density at radius 3 is 2.25 bits per heavy atom. The third-order valence-corrected chi connectivity index (χ3v) is 6.64. The van der Waals surface area contributed by atoms with E-state index in [4.69, 9.17) is 9.47 Å². The Hall–Kier alpha value is -2.58. The SMILES string of the molecule is COc1ccc(C(=O)NCc2ccc(S(=O)(=O)N3CCCC3)cc2)cc1OC. The van der Waals surface area contributed by atoms with Gasteiger partial charge in [-0.05, 0) is 48.7 Å². The zero-order valence-electron chi connectivity index (χ0n) is 16.0. The summed E-state index contributed by atoms with van der Waals surface area (Å²) in [5.41, 5.74) is 1.26. The van der Waals surface area contributed by atoms with Crippen molar-refractivity contribution >= 4 is 15.9 Å². The first-order valence-corrected chi connectivity index (χ1v) is 10.5. The highest BCUT2D eigenvalue weighted by Crippen LogP contribution is 2.27. The molecule has 3 rings (SSSR count). The van der Waals surface area contributed by atoms with Crippen molar-refractivity contribution in [3.63, 3.8) is 0 Å². The number of ether oxygens (including phenoxy) is 2. The lowest BCUT2D eigenvalue weighted by atomic mass is 10.1. The molecule has 1 aliphatic rings. The molecule has 28 heavy (non-hydrogen) atoms. The molecular formula is C20H24N2O5S. The Morgan fingerprint density at radius 1 is 1.00 bits per heavy atom. The molecule has 0 spiro atoms. The van der Waals surface area contributed by atoms with Gasteiger partial charge in [-0.15, -0.1) is 0 Å². The topological polar surface area (TPSA) is 84.9 Å². The van der Waals surface area contributed by atoms with Crippen molar-refractivity contribution in [1.29, 1.82) is 0 Å². The second-order valence-corrected chi connectivity index (χ2v) is 8.45. The number of rotatable bonds is 7. The van der Waals surface area contributed by atoms with Crippen LogP contribution in [-0.2, 0) is 16.6 Å². The summed E-state index contributed by atoms with van der Waals surface area (Å²) in [6.45, 7) is 1.44. The molecule has 7 nitrogen and oxygen atoms in total. The maximum Gasteiger partial charge on any atom is 0.251 e. The van der Waals surface area contributed by atoms with E-state index in [2.05, 4.69) is 5.32 Å². The van der Waals surface area contributed by atoms with Gasteiger partial charge in [-0.3, -0.25) is 4.79 Å². The average Bonchev–Trinajstić information content (AvgIpc) is 3.27. The van der Waals surface area contributed by atoms with E-state index in [1.807, 2.05) is 0 Å². The van der Waals surface area contributed by atoms with Crippen LogP contribution in [0.3, 0.4) is 0 Å². The zero-order chi connectivity index (χ0) is 20.1. The van der Waals surface area contributed by atoms with Crippen molar-refractivity contribution in [3.8, 4) is 11.5 Å². The van der Waals surface area contributed by atoms with Crippen LogP contribution in [-0.4, -0.2) is 45.9 Å². The Morgan fingerprint density at radius 2 is 1.64 bits per heavy atom. The summed E-state index contributed by atoms with van der Waals surface area (Å²) in [6, 6.07) is 11.6. The van der Waals surface area contributed by atoms with Gasteiger partial charge in [0.2, 0.25) is 10.0 Å². The minimum absolute atomic E-state index is 0.255. The number of sulfonamides is 1. The van der Waals surface area contributed by atoms with Crippen LogP contribution in [0.15, 0.2) is 47.4 Å². The minimum atomic E-state index is -3.42. The largest absolute Gasteiger partial charge is 0.493 e. The molecule has 0 aliphatic carbocycles. The van der Waals surface area contributed by atoms with Gasteiger partial charge in [0.15, 0.2) is 11.5 Å². The predicted molar refractivity (Wildman–Crippen MR) is 105 cm³/mol. The predicted octanol–water partition coefficient (Wildman–Crippen LogP) is 2.42. The quantitative estimate of drug-likeness (QED) is 0.766. The van der Waals surface area contributed by atoms with Crippen LogP contribution < -0.4 is 14.8 Å². The van der Waals surface area contributed by atoms with Crippen LogP contribution in [0.25, 0.3) is 0 Å². The Labute approximate surface area is 165 Å². The second-order valence-electron chi connectivity index (χ2n) is 6.51. The zero-order valence-corrected chi connectivity index (χ0v) is 16.8. The Bertz CT molecular complexity index is 936. The third-order valence-electron chi connectivity index (χ3n) is 4.72. The van der Waals surface area contributed by atoms with Gasteiger partial charge in [-0.25, -0.2) is 8.42 Å². The molecule has 2 aromatic carbocycles. The highest BCUT2D eigenvalue weighted by atomic mass is 32.2. The van der Waals surface area contributed by atoms with Crippen LogP contribution in [0.1, 0.15) is 28.8 Å². The first-order chi connectivity index (χ1) is 13.5. The van der Waals surface area contributed by atoms with E-state index in [-0.39, 0.29) is 17.3 Å². The van der Waals surface area contributed by atoms with E-state index < -0.39 is 10.0 Å². The lowest BCUT2D eigenvalue weighted by Crippen LogP contribution is -2.28. The van der Waals surface area contributed by atoms with Crippen molar-refractivity contribution in [3.05, 3.63) is 53.6 Å². The fraction of sp³-hybridized carbons (Fsp3) is 0.350. The summed E-state index contributed by atoms with van der Waals surface area (Å²) in [6.07, 6.45) is 1.80. The Balaban J connectivity index is 1.64. The highest BCUT2D eigenvalue weighted by molar-refractivity contribution is 7.89. The van der Waals surface area contributed by atoms with E-state index >= 15 is 0 Å². The van der Waals surface area contributed by atoms with Crippen molar-refractivity contribution in [2.45, 2.75) is 24.3 Å². The van der Waals surface area contributed by atoms with Gasteiger partial charge in [0.25, 0.3) is 5.91 Å². The molecule has 0 bridgehead atoms. The summed E-state index contributed by atoms with van der Waals surface area (Å²) in [7, 11) is -0.380. The van der Waals surface area contributed by atoms with Crippen molar-refractivity contribution in [2.24, 2.45) is 0 Å². The number of benzene rings is 2. The number of methoxy groups -OCH3 is 2. The number of carbonyl (C=O) groups is 1. The van der Waals surface area contributed by atoms with Gasteiger partial charge < -0.3 is 14.8 Å². The molecular weight excluding hydrogens is 380 g/mol. The van der Waals surface area contributed by atoms with Gasteiger partial charge >= 0.3 is 0 Å². The molecule has 1 saturated heterocycles. The normalized spacial score (nSPS) is 14.6. The number of amides is 1. The van der Waals surface area contributed by atoms with Gasteiger partial charge in [-0.1, -0.05) is 12.1 Å². The van der Waals surface area contributed by atoms with Crippen LogP contribution in [0.2, 0.25) is 0 Å². The van der Waals surface area contributed by atoms with Crippen molar-refractivity contribution in [1.82, 2.24) is 9.62 Å². The van der Waals surface area contributed by atoms with Crippen LogP contribution in [0.4, 0.5) is 0 Å². The summed E-state index contributed by atoms with van der Waals surface area (Å²) >= 11 is 0. The maximum atomic E-state index is 12.5. The third kappa shape index (κ3) is 4.28. The van der Waals surface area contributed by atoms with Gasteiger partial charge in [0, 0.05) is 25.2 Å². The number of hydrogen-bond donors (Lipinski definition) is 1. The Kier molecular flexibility index (Phi) is 6.21. The molecule has 0 aromatic heterocycles. The fourth-order valence-corrected chi connectivity index (χ4v) is 4.64. The maximum absolute atomic E-state index is 12.5. The molecule has 0 atom stereocenters. The fourth-order valence-electron chi connectivity index (χ4n) is 3.12. The second kappa shape index (κ2) is 8.62. The van der Waals surface area contributed by atoms with E-state index in [0.29, 0.717) is 30.2 Å². The lowest BCUT2D eigenvalue weighted by molar-refractivity contribution is 0.0950. The number of nitrogens with one attached hydrogen (secondary N) is 1. The molecule has 1 amide bonds. The number of nitrogens with zero attached hydrogens (tertiary/aromatic N) is 1. The van der Waals surface area contributed by atoms with E-state index in [1.165, 1.54) is 18.5 Å². The monoisotopic (exact) mass is 404 g/mol. The standard InChI is InChI=1S/C20H24N2O5S/c1-26-18-10-7-16(13-19(18)27-2)20(23)21-14-15-5-8-17(9-6-15)28(24,25)22-11-3-4-12-22/h5-10,13H,3-4,11-12,14H2,1-2H3,(H,21,23). The van der Waals surface area contributed by atoms with Crippen LogP contribution in [0, 0.1) is 0 Å². The van der Waals surface area contributed by atoms with E-state index in [9.17, 15) is 13.2 Å². The van der Waals surface area contributed by atoms with Gasteiger partial charge in [-0.2, -0.15) is 4.31 Å². The van der Waals surface area contributed by atoms with Gasteiger partial charge in [0.1, 0.15) is 0 Å². The van der Waals surface area contributed by atoms with Crippen molar-refractivity contribution in [2.75, 3.05) is 27.3 Å². The molecule has 1 aliphatic heterocycles. The molecule has 1 N–H and O–H groups in total. The number of carbonyl (C=O) groups excluding carboxylic acids is 1. The van der Waals surface area contributed by atoms with Gasteiger partial charge in [0.05, 0.1) is 19.1 Å². The van der Waals surface area contributed by atoms with E-state index in [0.717, 1.165) is 18.4 Å². The van der Waals surface area contributed by atoms with Crippen LogP contribution in [0.5, 0.6) is 11.5 Å². The summed E-state index contributed by atoms with van der Waals surface area (Å²) < 4.78 is 37.0. The first-order valence-electron chi connectivity index (χ1n) is 9.05. The lowest BCUT2D eigenvalue weighted by Gasteiger charge is -2.15. The highest BCUT2D eigenvalue weighted by Gasteiger charge is 2.26. The summed E-state index contributed by atoms with van der Waals surface area (Å²) in [4.78, 5) is 12.7. The van der Waals surface area contributed by atoms with E-state index in [1.54, 1.807) is 42.5 Å². The first kappa shape index (κ1) is 20.2.